The lowest BCUT2D eigenvalue weighted by molar-refractivity contribution is 0.373. The number of methoxy groups -OCH3 is 1. The maximum Gasteiger partial charge on any atom is 0.233 e. The van der Waals surface area contributed by atoms with E-state index in [0.29, 0.717) is 17.4 Å². The van der Waals surface area contributed by atoms with Gasteiger partial charge in [-0.2, -0.15) is 0 Å². The SMILES string of the molecule is COc1cc(C)ccc1Oc1ncc(C)cc1Br. The Morgan fingerprint density at radius 1 is 1.06 bits per heavy atom. The molecule has 2 aromatic rings. The summed E-state index contributed by atoms with van der Waals surface area (Å²) in [7, 11) is 1.62. The average Bonchev–Trinajstić information content (AvgIpc) is 2.34. The third kappa shape index (κ3) is 2.82. The first-order valence-corrected chi connectivity index (χ1v) is 6.34. The minimum atomic E-state index is 0.530. The summed E-state index contributed by atoms with van der Waals surface area (Å²) in [6.45, 7) is 3.99. The summed E-state index contributed by atoms with van der Waals surface area (Å²) in [4.78, 5) is 4.25. The molecule has 0 amide bonds. The van der Waals surface area contributed by atoms with E-state index in [1.165, 1.54) is 0 Å². The van der Waals surface area contributed by atoms with Crippen LogP contribution in [0, 0.1) is 13.8 Å². The summed E-state index contributed by atoms with van der Waals surface area (Å²) < 4.78 is 11.9. The predicted octanol–water partition coefficient (Wildman–Crippen LogP) is 4.26. The number of halogens is 1. The van der Waals surface area contributed by atoms with Gasteiger partial charge in [0.2, 0.25) is 5.88 Å². The van der Waals surface area contributed by atoms with Gasteiger partial charge in [0.15, 0.2) is 11.5 Å². The topological polar surface area (TPSA) is 31.4 Å². The van der Waals surface area contributed by atoms with Crippen LogP contribution in [0.4, 0.5) is 0 Å². The molecule has 0 aliphatic rings. The molecule has 0 bridgehead atoms. The van der Waals surface area contributed by atoms with Crippen LogP contribution in [0.2, 0.25) is 0 Å². The minimum absolute atomic E-state index is 0.530. The van der Waals surface area contributed by atoms with Gasteiger partial charge in [0.05, 0.1) is 11.6 Å². The van der Waals surface area contributed by atoms with E-state index in [4.69, 9.17) is 9.47 Å². The van der Waals surface area contributed by atoms with Gasteiger partial charge >= 0.3 is 0 Å². The summed E-state index contributed by atoms with van der Waals surface area (Å²) >= 11 is 3.44. The third-order valence-electron chi connectivity index (χ3n) is 2.47. The highest BCUT2D eigenvalue weighted by molar-refractivity contribution is 9.10. The number of benzene rings is 1. The van der Waals surface area contributed by atoms with Crippen LogP contribution in [-0.4, -0.2) is 12.1 Å². The Labute approximate surface area is 115 Å². The Morgan fingerprint density at radius 3 is 2.50 bits per heavy atom. The molecule has 0 radical (unpaired) electrons. The van der Waals surface area contributed by atoms with Crippen molar-refractivity contribution in [1.29, 1.82) is 0 Å². The van der Waals surface area contributed by atoms with E-state index in [1.807, 2.05) is 38.1 Å². The molecule has 1 heterocycles. The van der Waals surface area contributed by atoms with E-state index >= 15 is 0 Å². The molecule has 0 unspecified atom stereocenters. The van der Waals surface area contributed by atoms with Crippen LogP contribution in [0.15, 0.2) is 34.9 Å². The average molecular weight is 308 g/mol. The van der Waals surface area contributed by atoms with Crippen LogP contribution in [0.1, 0.15) is 11.1 Å². The molecule has 0 aliphatic heterocycles. The number of hydrogen-bond acceptors (Lipinski definition) is 3. The lowest BCUT2D eigenvalue weighted by Gasteiger charge is -2.11. The molecule has 3 nitrogen and oxygen atoms in total. The zero-order chi connectivity index (χ0) is 13.1. The van der Waals surface area contributed by atoms with E-state index < -0.39 is 0 Å². The Kier molecular flexibility index (Phi) is 3.87. The van der Waals surface area contributed by atoms with E-state index in [0.717, 1.165) is 15.6 Å². The van der Waals surface area contributed by atoms with Gasteiger partial charge < -0.3 is 9.47 Å². The van der Waals surface area contributed by atoms with Gasteiger partial charge in [0.1, 0.15) is 0 Å². The standard InChI is InChI=1S/C14H14BrNO2/c1-9-4-5-12(13(7-9)17-3)18-14-11(15)6-10(2)8-16-14/h4-8H,1-3H3. The molecule has 1 aromatic heterocycles. The molecular weight excluding hydrogens is 294 g/mol. The number of pyridine rings is 1. The second-order valence-electron chi connectivity index (χ2n) is 4.06. The molecule has 0 spiro atoms. The first-order valence-electron chi connectivity index (χ1n) is 5.55. The summed E-state index contributed by atoms with van der Waals surface area (Å²) in [5.74, 6) is 1.88. The predicted molar refractivity (Wildman–Crippen MR) is 74.5 cm³/mol. The molecule has 18 heavy (non-hydrogen) atoms. The fourth-order valence-electron chi connectivity index (χ4n) is 1.56. The van der Waals surface area contributed by atoms with Gasteiger partial charge in [-0.3, -0.25) is 0 Å². The summed E-state index contributed by atoms with van der Waals surface area (Å²) in [5.41, 5.74) is 2.19. The summed E-state index contributed by atoms with van der Waals surface area (Å²) in [5, 5.41) is 0. The van der Waals surface area contributed by atoms with Crippen LogP contribution in [0.5, 0.6) is 17.4 Å². The molecule has 0 atom stereocenters. The van der Waals surface area contributed by atoms with E-state index in [9.17, 15) is 0 Å². The van der Waals surface area contributed by atoms with Crippen molar-refractivity contribution < 1.29 is 9.47 Å². The molecule has 0 saturated heterocycles. The Morgan fingerprint density at radius 2 is 1.83 bits per heavy atom. The van der Waals surface area contributed by atoms with Crippen LogP contribution >= 0.6 is 15.9 Å². The van der Waals surface area contributed by atoms with E-state index in [-0.39, 0.29) is 0 Å². The zero-order valence-corrected chi connectivity index (χ0v) is 12.1. The first kappa shape index (κ1) is 12.9. The zero-order valence-electron chi connectivity index (χ0n) is 10.5. The first-order chi connectivity index (χ1) is 8.60. The number of rotatable bonds is 3. The Bertz CT molecular complexity index is 570. The molecule has 0 N–H and O–H groups in total. The van der Waals surface area contributed by atoms with E-state index in [2.05, 4.69) is 20.9 Å². The summed E-state index contributed by atoms with van der Waals surface area (Å²) in [6.07, 6.45) is 1.76. The van der Waals surface area contributed by atoms with Crippen molar-refractivity contribution in [2.24, 2.45) is 0 Å². The van der Waals surface area contributed by atoms with Crippen LogP contribution in [-0.2, 0) is 0 Å². The highest BCUT2D eigenvalue weighted by Crippen LogP contribution is 2.34. The van der Waals surface area contributed by atoms with Crippen molar-refractivity contribution in [3.05, 3.63) is 46.1 Å². The number of ether oxygens (including phenoxy) is 2. The van der Waals surface area contributed by atoms with Crippen molar-refractivity contribution in [3.63, 3.8) is 0 Å². The lowest BCUT2D eigenvalue weighted by Crippen LogP contribution is -1.94. The molecule has 1 aromatic carbocycles. The van der Waals surface area contributed by atoms with Gasteiger partial charge in [-0.1, -0.05) is 6.07 Å². The van der Waals surface area contributed by atoms with Crippen molar-refractivity contribution in [2.45, 2.75) is 13.8 Å². The fourth-order valence-corrected chi connectivity index (χ4v) is 2.10. The molecule has 2 rings (SSSR count). The Hall–Kier alpha value is -1.55. The monoisotopic (exact) mass is 307 g/mol. The molecule has 0 fully saturated rings. The number of nitrogens with zero attached hydrogens (tertiary/aromatic N) is 1. The molecule has 94 valence electrons. The fraction of sp³-hybridized carbons (Fsp3) is 0.214. The van der Waals surface area contributed by atoms with Crippen molar-refractivity contribution in [1.82, 2.24) is 4.98 Å². The smallest absolute Gasteiger partial charge is 0.233 e. The summed E-state index contributed by atoms with van der Waals surface area (Å²) in [6, 6.07) is 7.74. The van der Waals surface area contributed by atoms with Crippen LogP contribution < -0.4 is 9.47 Å². The molecule has 0 aliphatic carbocycles. The normalized spacial score (nSPS) is 10.2. The molecule has 0 saturated carbocycles. The largest absolute Gasteiger partial charge is 0.493 e. The van der Waals surface area contributed by atoms with Crippen LogP contribution in [0.3, 0.4) is 0 Å². The molecule has 4 heteroatoms. The quantitative estimate of drug-likeness (QED) is 0.849. The van der Waals surface area contributed by atoms with Gasteiger partial charge in [0, 0.05) is 6.20 Å². The molecular formula is C14H14BrNO2. The van der Waals surface area contributed by atoms with Gasteiger partial charge in [0.25, 0.3) is 0 Å². The maximum absolute atomic E-state index is 5.76. The third-order valence-corrected chi connectivity index (χ3v) is 3.04. The lowest BCUT2D eigenvalue weighted by atomic mass is 10.2. The second-order valence-corrected chi connectivity index (χ2v) is 4.91. The number of hydrogen-bond donors (Lipinski definition) is 0. The Balaban J connectivity index is 2.33. The van der Waals surface area contributed by atoms with Crippen molar-refractivity contribution in [3.8, 4) is 17.4 Å². The van der Waals surface area contributed by atoms with Gasteiger partial charge in [-0.05, 0) is 59.1 Å². The maximum atomic E-state index is 5.76. The van der Waals surface area contributed by atoms with Crippen molar-refractivity contribution >= 4 is 15.9 Å². The number of aromatic nitrogens is 1. The minimum Gasteiger partial charge on any atom is -0.493 e. The van der Waals surface area contributed by atoms with E-state index in [1.54, 1.807) is 13.3 Å². The highest BCUT2D eigenvalue weighted by Gasteiger charge is 2.09. The highest BCUT2D eigenvalue weighted by atomic mass is 79.9. The van der Waals surface area contributed by atoms with Gasteiger partial charge in [-0.15, -0.1) is 0 Å². The number of aryl methyl sites for hydroxylation is 2. The van der Waals surface area contributed by atoms with Gasteiger partial charge in [-0.25, -0.2) is 4.98 Å². The second kappa shape index (κ2) is 5.40. The van der Waals surface area contributed by atoms with Crippen LogP contribution in [0.25, 0.3) is 0 Å². The van der Waals surface area contributed by atoms with Crippen molar-refractivity contribution in [2.75, 3.05) is 7.11 Å².